The smallest absolute Gasteiger partial charge is 0.312 e. The van der Waals surface area contributed by atoms with Gasteiger partial charge in [-0.05, 0) is 39.0 Å². The third kappa shape index (κ3) is 1.90. The van der Waals surface area contributed by atoms with Crippen LogP contribution < -0.4 is 0 Å². The van der Waals surface area contributed by atoms with Crippen LogP contribution in [0.2, 0.25) is 0 Å². The first kappa shape index (κ1) is 11.8. The number of rotatable bonds is 3. The van der Waals surface area contributed by atoms with Gasteiger partial charge >= 0.3 is 5.97 Å². The summed E-state index contributed by atoms with van der Waals surface area (Å²) in [5, 5.41) is 0. The summed E-state index contributed by atoms with van der Waals surface area (Å²) in [7, 11) is 1.45. The Hall–Kier alpha value is -0.240. The van der Waals surface area contributed by atoms with E-state index in [0.29, 0.717) is 11.8 Å². The van der Waals surface area contributed by atoms with Gasteiger partial charge in [0.1, 0.15) is 0 Å². The minimum absolute atomic E-state index is 0.101. The van der Waals surface area contributed by atoms with E-state index in [0.717, 1.165) is 6.42 Å². The fraction of sp³-hybridized carbons (Fsp3) is 0.909. The van der Waals surface area contributed by atoms with Crippen LogP contribution in [-0.2, 0) is 9.53 Å². The van der Waals surface area contributed by atoms with Crippen LogP contribution >= 0.6 is 11.6 Å². The van der Waals surface area contributed by atoms with Gasteiger partial charge in [-0.2, -0.15) is 0 Å². The molecule has 0 saturated heterocycles. The zero-order valence-corrected chi connectivity index (χ0v) is 10.3. The predicted molar refractivity (Wildman–Crippen MR) is 57.3 cm³/mol. The van der Waals surface area contributed by atoms with Gasteiger partial charge in [0, 0.05) is 4.87 Å². The lowest BCUT2D eigenvalue weighted by atomic mass is 9.99. The van der Waals surface area contributed by atoms with E-state index in [2.05, 4.69) is 6.92 Å². The van der Waals surface area contributed by atoms with Crippen molar-refractivity contribution in [3.8, 4) is 0 Å². The average Bonchev–Trinajstić information content (AvgIpc) is 2.55. The molecule has 3 atom stereocenters. The summed E-state index contributed by atoms with van der Waals surface area (Å²) in [5.74, 6) is 0.645. The van der Waals surface area contributed by atoms with Gasteiger partial charge in [0.15, 0.2) is 0 Å². The zero-order valence-electron chi connectivity index (χ0n) is 9.56. The maximum absolute atomic E-state index is 11.5. The molecule has 0 N–H and O–H groups in total. The summed E-state index contributed by atoms with van der Waals surface area (Å²) in [6.07, 6.45) is 0.862. The molecule has 1 aliphatic carbocycles. The van der Waals surface area contributed by atoms with Crippen LogP contribution in [0.25, 0.3) is 0 Å². The molecule has 1 rings (SSSR count). The van der Waals surface area contributed by atoms with Gasteiger partial charge in [-0.25, -0.2) is 0 Å². The van der Waals surface area contributed by atoms with Crippen molar-refractivity contribution in [2.24, 2.45) is 17.3 Å². The molecule has 82 valence electrons. The minimum Gasteiger partial charge on any atom is -0.469 e. The molecule has 0 aromatic rings. The molecule has 0 bridgehead atoms. The second kappa shape index (κ2) is 3.41. The van der Waals surface area contributed by atoms with Crippen molar-refractivity contribution in [3.63, 3.8) is 0 Å². The number of halogens is 1. The monoisotopic (exact) mass is 218 g/mol. The Bertz CT molecular complexity index is 244. The first-order valence-electron chi connectivity index (χ1n) is 5.01. The Kier molecular flexibility index (Phi) is 2.88. The SMILES string of the molecule is COC(=O)C1(C)C(C)C1CC(C)(C)Cl. The van der Waals surface area contributed by atoms with Gasteiger partial charge in [-0.3, -0.25) is 4.79 Å². The molecule has 0 aromatic heterocycles. The van der Waals surface area contributed by atoms with E-state index < -0.39 is 0 Å². The molecule has 1 aliphatic rings. The zero-order chi connectivity index (χ0) is 11.1. The van der Waals surface area contributed by atoms with Crippen molar-refractivity contribution in [2.45, 2.75) is 39.0 Å². The van der Waals surface area contributed by atoms with E-state index in [-0.39, 0.29) is 16.3 Å². The highest BCUT2D eigenvalue weighted by Gasteiger charge is 2.64. The quantitative estimate of drug-likeness (QED) is 0.538. The topological polar surface area (TPSA) is 26.3 Å². The average molecular weight is 219 g/mol. The number of carbonyl (C=O) groups excluding carboxylic acids is 1. The Morgan fingerprint density at radius 3 is 2.43 bits per heavy atom. The Morgan fingerprint density at radius 1 is 1.57 bits per heavy atom. The van der Waals surface area contributed by atoms with Crippen molar-refractivity contribution in [2.75, 3.05) is 7.11 Å². The fourth-order valence-electron chi connectivity index (χ4n) is 2.30. The molecule has 0 amide bonds. The number of esters is 1. The van der Waals surface area contributed by atoms with Crippen molar-refractivity contribution < 1.29 is 9.53 Å². The van der Waals surface area contributed by atoms with E-state index in [1.54, 1.807) is 0 Å². The Balaban J connectivity index is 2.65. The van der Waals surface area contributed by atoms with Crippen molar-refractivity contribution in [1.29, 1.82) is 0 Å². The molecule has 14 heavy (non-hydrogen) atoms. The van der Waals surface area contributed by atoms with Crippen molar-refractivity contribution in [3.05, 3.63) is 0 Å². The summed E-state index contributed by atoms with van der Waals surface area (Å²) in [6, 6.07) is 0. The van der Waals surface area contributed by atoms with E-state index >= 15 is 0 Å². The number of methoxy groups -OCH3 is 1. The lowest BCUT2D eigenvalue weighted by Crippen LogP contribution is -2.20. The van der Waals surface area contributed by atoms with Gasteiger partial charge in [-0.15, -0.1) is 11.6 Å². The van der Waals surface area contributed by atoms with E-state index in [1.165, 1.54) is 7.11 Å². The molecule has 0 aromatic carbocycles. The maximum atomic E-state index is 11.5. The number of hydrogen-bond acceptors (Lipinski definition) is 2. The first-order chi connectivity index (χ1) is 6.23. The Labute approximate surface area is 91.0 Å². The van der Waals surface area contributed by atoms with Crippen LogP contribution in [0.15, 0.2) is 0 Å². The van der Waals surface area contributed by atoms with Gasteiger partial charge < -0.3 is 4.74 Å². The number of carbonyl (C=O) groups is 1. The molecular formula is C11H19ClO2. The normalized spacial score (nSPS) is 36.7. The van der Waals surface area contributed by atoms with Gasteiger partial charge in [0.2, 0.25) is 0 Å². The third-order valence-corrected chi connectivity index (χ3v) is 3.70. The van der Waals surface area contributed by atoms with E-state index in [4.69, 9.17) is 16.3 Å². The molecule has 0 heterocycles. The summed E-state index contributed by atoms with van der Waals surface area (Å²) in [6.45, 7) is 8.02. The largest absolute Gasteiger partial charge is 0.469 e. The molecule has 3 heteroatoms. The summed E-state index contributed by atoms with van der Waals surface area (Å²) >= 11 is 6.16. The first-order valence-corrected chi connectivity index (χ1v) is 5.38. The van der Waals surface area contributed by atoms with Crippen LogP contribution in [0.4, 0.5) is 0 Å². The molecule has 3 unspecified atom stereocenters. The van der Waals surface area contributed by atoms with Crippen molar-refractivity contribution >= 4 is 17.6 Å². The van der Waals surface area contributed by atoms with Gasteiger partial charge in [0.25, 0.3) is 0 Å². The highest BCUT2D eigenvalue weighted by atomic mass is 35.5. The maximum Gasteiger partial charge on any atom is 0.312 e. The predicted octanol–water partition coefficient (Wildman–Crippen LogP) is 2.84. The molecule has 1 saturated carbocycles. The van der Waals surface area contributed by atoms with Gasteiger partial charge in [0.05, 0.1) is 12.5 Å². The number of ether oxygens (including phenoxy) is 1. The molecule has 1 fully saturated rings. The Morgan fingerprint density at radius 2 is 2.07 bits per heavy atom. The molecule has 0 spiro atoms. The van der Waals surface area contributed by atoms with Crippen LogP contribution in [-0.4, -0.2) is 18.0 Å². The third-order valence-electron chi connectivity index (χ3n) is 3.54. The minimum atomic E-state index is -0.305. The fourth-order valence-corrected chi connectivity index (χ4v) is 2.47. The van der Waals surface area contributed by atoms with Crippen molar-refractivity contribution in [1.82, 2.24) is 0 Å². The number of alkyl halides is 1. The second-order valence-electron chi connectivity index (χ2n) is 5.09. The summed E-state index contributed by atoms with van der Waals surface area (Å²) in [5.41, 5.74) is -0.305. The van der Waals surface area contributed by atoms with E-state index in [1.807, 2.05) is 20.8 Å². The van der Waals surface area contributed by atoms with Crippen LogP contribution in [0, 0.1) is 17.3 Å². The lowest BCUT2D eigenvalue weighted by molar-refractivity contribution is -0.147. The lowest BCUT2D eigenvalue weighted by Gasteiger charge is -2.16. The van der Waals surface area contributed by atoms with Crippen LogP contribution in [0.5, 0.6) is 0 Å². The van der Waals surface area contributed by atoms with Gasteiger partial charge in [-0.1, -0.05) is 6.92 Å². The molecule has 0 radical (unpaired) electrons. The standard InChI is InChI=1S/C11H19ClO2/c1-7-8(6-10(2,3)12)11(7,4)9(13)14-5/h7-8H,6H2,1-5H3. The highest BCUT2D eigenvalue weighted by molar-refractivity contribution is 6.23. The molecule has 0 aliphatic heterocycles. The highest BCUT2D eigenvalue weighted by Crippen LogP contribution is 2.62. The molecular weight excluding hydrogens is 200 g/mol. The second-order valence-corrected chi connectivity index (χ2v) is 6.12. The summed E-state index contributed by atoms with van der Waals surface area (Å²) < 4.78 is 4.81. The molecule has 2 nitrogen and oxygen atoms in total. The van der Waals surface area contributed by atoms with E-state index in [9.17, 15) is 4.79 Å². The summed E-state index contributed by atoms with van der Waals surface area (Å²) in [4.78, 5) is 11.3. The van der Waals surface area contributed by atoms with Crippen LogP contribution in [0.3, 0.4) is 0 Å². The number of hydrogen-bond donors (Lipinski definition) is 0. The van der Waals surface area contributed by atoms with Crippen LogP contribution in [0.1, 0.15) is 34.1 Å².